The Bertz CT molecular complexity index is 1180. The third-order valence-electron chi connectivity index (χ3n) is 7.58. The number of anilines is 1. The summed E-state index contributed by atoms with van der Waals surface area (Å²) in [7, 11) is 3.59. The zero-order valence-electron chi connectivity index (χ0n) is 21.1. The summed E-state index contributed by atoms with van der Waals surface area (Å²) in [5.41, 5.74) is 5.71. The van der Waals surface area contributed by atoms with Gasteiger partial charge in [0.25, 0.3) is 5.91 Å². The molecule has 5 N–H and O–H groups in total. The number of aromatic nitrogens is 1. The molecule has 4 atom stereocenters. The van der Waals surface area contributed by atoms with Gasteiger partial charge in [-0.05, 0) is 50.6 Å². The average molecular weight is 499 g/mol. The van der Waals surface area contributed by atoms with Crippen molar-refractivity contribution in [3.8, 4) is 5.75 Å². The fourth-order valence-corrected chi connectivity index (χ4v) is 6.31. The van der Waals surface area contributed by atoms with Gasteiger partial charge in [-0.1, -0.05) is 13.8 Å². The van der Waals surface area contributed by atoms with Crippen molar-refractivity contribution in [1.29, 1.82) is 0 Å². The molecule has 10 heteroatoms. The van der Waals surface area contributed by atoms with Crippen LogP contribution in [0.25, 0.3) is 0 Å². The van der Waals surface area contributed by atoms with Crippen molar-refractivity contribution < 1.29 is 29.7 Å². The van der Waals surface area contributed by atoms with Gasteiger partial charge in [0.05, 0.1) is 23.7 Å². The van der Waals surface area contributed by atoms with Crippen LogP contribution in [0.15, 0.2) is 28.9 Å². The van der Waals surface area contributed by atoms with Crippen molar-refractivity contribution >= 4 is 23.3 Å². The van der Waals surface area contributed by atoms with Crippen LogP contribution >= 0.6 is 0 Å². The molecule has 3 aliphatic carbocycles. The summed E-state index contributed by atoms with van der Waals surface area (Å²) in [5, 5.41) is 33.1. The molecule has 0 saturated carbocycles. The summed E-state index contributed by atoms with van der Waals surface area (Å²) >= 11 is 0. The third kappa shape index (κ3) is 3.84. The number of aliphatic hydroxyl groups excluding tert-OH is 2. The molecule has 1 aromatic rings. The van der Waals surface area contributed by atoms with E-state index in [0.717, 1.165) is 12.8 Å². The number of aliphatic hydroxyl groups is 2. The number of allylic oxidation sites excluding steroid dienone is 2. The highest BCUT2D eigenvalue weighted by Crippen LogP contribution is 2.51. The van der Waals surface area contributed by atoms with Crippen LogP contribution in [0.5, 0.6) is 5.75 Å². The minimum atomic E-state index is -1.18. The topological polar surface area (TPSA) is 157 Å². The molecule has 36 heavy (non-hydrogen) atoms. The molecule has 0 aliphatic heterocycles. The molecule has 0 bridgehead atoms. The first-order chi connectivity index (χ1) is 17.0. The zero-order valence-corrected chi connectivity index (χ0v) is 21.1. The van der Waals surface area contributed by atoms with E-state index < -0.39 is 52.6 Å². The molecular weight excluding hydrogens is 464 g/mol. The minimum Gasteiger partial charge on any atom is -0.511 e. The van der Waals surface area contributed by atoms with Crippen LogP contribution < -0.4 is 10.6 Å². The average Bonchev–Trinajstić information content (AvgIpc) is 2.78. The molecular formula is C26H34N4O6. The number of ketones is 2. The van der Waals surface area contributed by atoms with Crippen LogP contribution in [0, 0.1) is 17.8 Å². The predicted molar refractivity (Wildman–Crippen MR) is 133 cm³/mol. The number of carbonyl (C=O) groups is 3. The second-order valence-electron chi connectivity index (χ2n) is 10.1. The summed E-state index contributed by atoms with van der Waals surface area (Å²) in [6.07, 6.45) is 3.42. The summed E-state index contributed by atoms with van der Waals surface area (Å²) in [4.78, 5) is 47.4. The van der Waals surface area contributed by atoms with E-state index in [9.17, 15) is 29.7 Å². The van der Waals surface area contributed by atoms with Crippen LogP contribution in [0.4, 0.5) is 5.82 Å². The number of amides is 1. The van der Waals surface area contributed by atoms with Crippen LogP contribution in [-0.2, 0) is 16.0 Å². The fraction of sp³-hybridized carbons (Fsp3) is 0.538. The van der Waals surface area contributed by atoms with E-state index in [1.165, 1.54) is 6.20 Å². The molecule has 0 fully saturated rings. The van der Waals surface area contributed by atoms with Crippen LogP contribution in [0.2, 0.25) is 0 Å². The van der Waals surface area contributed by atoms with E-state index in [0.29, 0.717) is 37.3 Å². The van der Waals surface area contributed by atoms with Gasteiger partial charge >= 0.3 is 0 Å². The number of rotatable bonds is 7. The Kier molecular flexibility index (Phi) is 6.83. The standard InChI is InChI=1S/C26H34N4O6/c1-5-7-30(8-6-2)20-13-9-12-10-14-17(15(31)11-28-26(14)29(3)4)21(32)16(12)22(33)18(13)23(34)19(24(20)35)25(27)36/h11-13,18,20,31,33,35H,5-10H2,1-4H3,(H2,27,36). The number of nitrogens with zero attached hydrogens (tertiary/aromatic N) is 3. The van der Waals surface area contributed by atoms with E-state index in [1.54, 1.807) is 19.0 Å². The highest BCUT2D eigenvalue weighted by molar-refractivity contribution is 6.22. The lowest BCUT2D eigenvalue weighted by atomic mass is 9.61. The maximum Gasteiger partial charge on any atom is 0.255 e. The molecule has 1 aromatic heterocycles. The highest BCUT2D eigenvalue weighted by atomic mass is 16.3. The van der Waals surface area contributed by atoms with Gasteiger partial charge in [-0.15, -0.1) is 0 Å². The number of nitrogens with two attached hydrogens (primary N) is 1. The second-order valence-corrected chi connectivity index (χ2v) is 10.1. The molecule has 0 spiro atoms. The normalized spacial score (nSPS) is 25.6. The van der Waals surface area contributed by atoms with E-state index in [-0.39, 0.29) is 22.6 Å². The SMILES string of the molecule is CCCN(CCC)C1C(O)=C(C(N)=O)C(=O)C2C(O)=C3C(=O)c4c(O)cnc(N(C)C)c4CC3CC21. The largest absolute Gasteiger partial charge is 0.511 e. The molecule has 4 rings (SSSR count). The van der Waals surface area contributed by atoms with Gasteiger partial charge in [-0.25, -0.2) is 4.98 Å². The lowest BCUT2D eigenvalue weighted by Crippen LogP contribution is -2.55. The fourth-order valence-electron chi connectivity index (χ4n) is 6.31. The number of Topliss-reactive ketones (excluding diaryl/α,β-unsaturated/α-hetero) is 2. The number of pyridine rings is 1. The van der Waals surface area contributed by atoms with Crippen molar-refractivity contribution in [1.82, 2.24) is 9.88 Å². The lowest BCUT2D eigenvalue weighted by Gasteiger charge is -2.47. The second kappa shape index (κ2) is 9.57. The third-order valence-corrected chi connectivity index (χ3v) is 7.58. The summed E-state index contributed by atoms with van der Waals surface area (Å²) in [6, 6.07) is -0.703. The van der Waals surface area contributed by atoms with Gasteiger partial charge < -0.3 is 26.0 Å². The summed E-state index contributed by atoms with van der Waals surface area (Å²) < 4.78 is 0. The van der Waals surface area contributed by atoms with Gasteiger partial charge in [0.1, 0.15) is 28.7 Å². The first kappa shape index (κ1) is 25.7. The number of hydrogen-bond donors (Lipinski definition) is 4. The Balaban J connectivity index is 1.91. The van der Waals surface area contributed by atoms with Crippen molar-refractivity contribution in [3.05, 3.63) is 40.0 Å². The zero-order chi connectivity index (χ0) is 26.5. The van der Waals surface area contributed by atoms with Gasteiger partial charge in [-0.2, -0.15) is 0 Å². The van der Waals surface area contributed by atoms with Gasteiger partial charge in [0.15, 0.2) is 11.6 Å². The monoisotopic (exact) mass is 498 g/mol. The van der Waals surface area contributed by atoms with Crippen LogP contribution in [0.1, 0.15) is 49.0 Å². The number of aromatic hydroxyl groups is 1. The molecule has 3 aliphatic rings. The van der Waals surface area contributed by atoms with Gasteiger partial charge in [0, 0.05) is 25.2 Å². The predicted octanol–water partition coefficient (Wildman–Crippen LogP) is 2.03. The van der Waals surface area contributed by atoms with E-state index in [4.69, 9.17) is 5.73 Å². The molecule has 0 aromatic carbocycles. The minimum absolute atomic E-state index is 0.0665. The Labute approximate surface area is 210 Å². The number of primary amides is 1. The molecule has 10 nitrogen and oxygen atoms in total. The van der Waals surface area contributed by atoms with Gasteiger partial charge in [-0.3, -0.25) is 19.3 Å². The molecule has 0 saturated heterocycles. The number of fused-ring (bicyclic) bond motifs is 3. The molecule has 1 heterocycles. The van der Waals surface area contributed by atoms with Crippen molar-refractivity contribution in [2.45, 2.75) is 45.6 Å². The summed E-state index contributed by atoms with van der Waals surface area (Å²) in [6.45, 7) is 5.22. The first-order valence-corrected chi connectivity index (χ1v) is 12.4. The quantitative estimate of drug-likeness (QED) is 0.413. The first-order valence-electron chi connectivity index (χ1n) is 12.4. The maximum absolute atomic E-state index is 13.6. The number of carbonyl (C=O) groups excluding carboxylic acids is 3. The Morgan fingerprint density at radius 2 is 1.75 bits per heavy atom. The van der Waals surface area contributed by atoms with Gasteiger partial charge in [0.2, 0.25) is 0 Å². The smallest absolute Gasteiger partial charge is 0.255 e. The Morgan fingerprint density at radius 1 is 1.11 bits per heavy atom. The van der Waals surface area contributed by atoms with E-state index in [1.807, 2.05) is 18.7 Å². The summed E-state index contributed by atoms with van der Waals surface area (Å²) in [5.74, 6) is -5.08. The Hall–Kier alpha value is -3.40. The van der Waals surface area contributed by atoms with Crippen LogP contribution in [-0.4, -0.2) is 75.9 Å². The molecule has 194 valence electrons. The van der Waals surface area contributed by atoms with Crippen molar-refractivity contribution in [2.24, 2.45) is 23.5 Å². The maximum atomic E-state index is 13.6. The highest BCUT2D eigenvalue weighted by Gasteiger charge is 2.55. The Morgan fingerprint density at radius 3 is 2.31 bits per heavy atom. The van der Waals surface area contributed by atoms with Crippen molar-refractivity contribution in [3.63, 3.8) is 0 Å². The lowest BCUT2D eigenvalue weighted by molar-refractivity contribution is -0.127. The molecule has 1 amide bonds. The molecule has 4 unspecified atom stereocenters. The molecule has 0 radical (unpaired) electrons. The number of hydrogen-bond acceptors (Lipinski definition) is 9. The van der Waals surface area contributed by atoms with Crippen LogP contribution in [0.3, 0.4) is 0 Å². The van der Waals surface area contributed by atoms with E-state index >= 15 is 0 Å². The van der Waals surface area contributed by atoms with E-state index in [2.05, 4.69) is 4.98 Å². The van der Waals surface area contributed by atoms with Crippen molar-refractivity contribution in [2.75, 3.05) is 32.1 Å².